The van der Waals surface area contributed by atoms with Gasteiger partial charge in [-0.2, -0.15) is 0 Å². The molecule has 0 amide bonds. The molecule has 0 saturated heterocycles. The number of hydrogen-bond acceptors (Lipinski definition) is 4. The predicted molar refractivity (Wildman–Crippen MR) is 38.4 cm³/mol. The fraction of sp³-hybridized carbons (Fsp3) is 0. The molecule has 10 heavy (non-hydrogen) atoms. The minimum absolute atomic E-state index is 0.993. The Kier molecular flexibility index (Phi) is 4430. The third-order valence-electron chi connectivity index (χ3n) is 0. The molecule has 0 aromatic heterocycles. The van der Waals surface area contributed by atoms with Crippen molar-refractivity contribution in [1.82, 2.24) is 0 Å². The van der Waals surface area contributed by atoms with Crippen LogP contribution in [0.3, 0.4) is 0 Å². The first-order valence-corrected chi connectivity index (χ1v) is 5.28. The van der Waals surface area contributed by atoms with Crippen LogP contribution < -0.4 is 0 Å². The van der Waals surface area contributed by atoms with Crippen molar-refractivity contribution in [1.29, 1.82) is 0 Å². The van der Waals surface area contributed by atoms with E-state index in [0.717, 1.165) is 8.89 Å². The molecule has 4 nitrogen and oxygen atoms in total. The number of carbonyl (C=O) groups excluding carboxylic acids is 4. The van der Waals surface area contributed by atoms with Gasteiger partial charge in [-0.25, -0.2) is 0 Å². The Labute approximate surface area is 70.8 Å². The number of hydrogen-bond donors (Lipinski definition) is 0. The molecule has 0 aliphatic rings. The molecule has 0 bridgehead atoms. The van der Waals surface area contributed by atoms with Crippen LogP contribution in [0.4, 0.5) is 0 Å². The molecule has 0 aliphatic heterocycles. The topological polar surface area (TPSA) is 68.3 Å². The summed E-state index contributed by atoms with van der Waals surface area (Å²) >= 11 is 3.70. The van der Waals surface area contributed by atoms with E-state index in [0.29, 0.717) is 0 Å². The Morgan fingerprint density at radius 3 is 0.600 bits per heavy atom. The van der Waals surface area contributed by atoms with Gasteiger partial charge in [0.2, 0.25) is 0 Å². The van der Waals surface area contributed by atoms with Gasteiger partial charge in [0, 0.05) is 0 Å². The molecule has 0 atom stereocenters. The average molecular weight is 210 g/mol. The summed E-state index contributed by atoms with van der Waals surface area (Å²) in [6.45, 7) is 8.00. The van der Waals surface area contributed by atoms with E-state index in [1.54, 1.807) is 0 Å². The van der Waals surface area contributed by atoms with Gasteiger partial charge in [0.05, 0.1) is 0 Å². The summed E-state index contributed by atoms with van der Waals surface area (Å²) in [5.41, 5.74) is 0. The molecule has 6 heteroatoms. The monoisotopic (exact) mass is 210 g/mol. The van der Waals surface area contributed by atoms with Crippen LogP contribution in [-0.4, -0.2) is 36.0 Å². The van der Waals surface area contributed by atoms with Crippen LogP contribution in [0.15, 0.2) is 0 Å². The zero-order chi connectivity index (χ0) is 10.0. The molecule has 0 spiro atoms. The third kappa shape index (κ3) is 853. The first-order chi connectivity index (χ1) is 5.00. The predicted octanol–water partition coefficient (Wildman–Crippen LogP) is -1.93. The molecule has 0 fully saturated rings. The molecule has 0 N–H and O–H groups in total. The summed E-state index contributed by atoms with van der Waals surface area (Å²) < 4.78 is 0. The van der Waals surface area contributed by atoms with Crippen LogP contribution in [0, 0.1) is 0 Å². The molecule has 0 unspecified atom stereocenters. The Morgan fingerprint density at radius 1 is 0.600 bits per heavy atom. The van der Waals surface area contributed by atoms with Gasteiger partial charge < -0.3 is 19.2 Å². The summed E-state index contributed by atoms with van der Waals surface area (Å²) in [5.74, 6) is 0. The van der Waals surface area contributed by atoms with E-state index < -0.39 is 0 Å². The Bertz CT molecular complexity index is 25.2. The van der Waals surface area contributed by atoms with Gasteiger partial charge in [-0.3, -0.25) is 0 Å². The summed E-state index contributed by atoms with van der Waals surface area (Å²) in [6, 6.07) is 0. The van der Waals surface area contributed by atoms with Gasteiger partial charge in [0.15, 0.2) is 0 Å². The second kappa shape index (κ2) is 1290. The SMILES string of the molecule is C=O.C=O.C=O.C=O.[SiH3][Co]. The fourth-order valence-corrected chi connectivity index (χ4v) is 0. The zero-order valence-corrected chi connectivity index (χ0v) is 8.84. The summed E-state index contributed by atoms with van der Waals surface area (Å²) in [5, 5.41) is 0. The number of rotatable bonds is 0. The Morgan fingerprint density at radius 2 is 0.600 bits per heavy atom. The van der Waals surface area contributed by atoms with Crippen molar-refractivity contribution in [2.24, 2.45) is 0 Å². The van der Waals surface area contributed by atoms with Gasteiger partial charge in [0.1, 0.15) is 27.2 Å². The van der Waals surface area contributed by atoms with Crippen LogP contribution >= 0.6 is 0 Å². The van der Waals surface area contributed by atoms with Gasteiger partial charge in [-0.15, -0.1) is 0 Å². The van der Waals surface area contributed by atoms with E-state index >= 15 is 0 Å². The first-order valence-electron chi connectivity index (χ1n) is 1.49. The summed E-state index contributed by atoms with van der Waals surface area (Å²) in [6.07, 6.45) is 0. The van der Waals surface area contributed by atoms with Gasteiger partial charge >= 0.3 is 24.0 Å². The van der Waals surface area contributed by atoms with Crippen LogP contribution in [0.2, 0.25) is 0 Å². The molecule has 0 aliphatic carbocycles. The van der Waals surface area contributed by atoms with Crippen molar-refractivity contribution in [2.45, 2.75) is 0 Å². The standard InChI is InChI=1S/4CH2O.Co.H3Si/c4*1-2;;/h4*1H2;;1H3. The summed E-state index contributed by atoms with van der Waals surface area (Å²) in [7, 11) is 0.993. The van der Waals surface area contributed by atoms with Gasteiger partial charge in [-0.1, -0.05) is 0 Å². The van der Waals surface area contributed by atoms with E-state index in [1.807, 2.05) is 27.2 Å². The van der Waals surface area contributed by atoms with Crippen molar-refractivity contribution in [2.75, 3.05) is 0 Å². The zero-order valence-electron chi connectivity index (χ0n) is 5.79. The van der Waals surface area contributed by atoms with Gasteiger partial charge in [-0.05, 0) is 0 Å². The molecular formula is C4H11CoO4Si. The van der Waals surface area contributed by atoms with Crippen molar-refractivity contribution < 1.29 is 34.3 Å². The van der Waals surface area contributed by atoms with Crippen LogP contribution in [0.25, 0.3) is 0 Å². The summed E-state index contributed by atoms with van der Waals surface area (Å²) in [4.78, 5) is 32.0. The molecule has 0 radical (unpaired) electrons. The Balaban J connectivity index is -0.0000000104. The number of carbonyl (C=O) groups is 4. The maximum absolute atomic E-state index is 8.00. The van der Waals surface area contributed by atoms with Crippen molar-refractivity contribution >= 4 is 36.0 Å². The van der Waals surface area contributed by atoms with E-state index in [2.05, 4.69) is 15.1 Å². The quantitative estimate of drug-likeness (QED) is 0.437. The van der Waals surface area contributed by atoms with Gasteiger partial charge in [0.25, 0.3) is 0 Å². The molecule has 64 valence electrons. The van der Waals surface area contributed by atoms with E-state index in [9.17, 15) is 0 Å². The van der Waals surface area contributed by atoms with Crippen LogP contribution in [0.5, 0.6) is 0 Å². The second-order valence-electron chi connectivity index (χ2n) is 0. The molecule has 0 saturated carbocycles. The van der Waals surface area contributed by atoms with E-state index in [4.69, 9.17) is 19.2 Å². The average Bonchev–Trinajstić information content (AvgIpc) is 2.20. The molecule has 0 aromatic rings. The Hall–Kier alpha value is -0.597. The minimum atomic E-state index is 0.993. The molecular weight excluding hydrogens is 199 g/mol. The van der Waals surface area contributed by atoms with Crippen LogP contribution in [0.1, 0.15) is 0 Å². The van der Waals surface area contributed by atoms with Crippen LogP contribution in [-0.2, 0) is 34.3 Å². The molecule has 0 heterocycles. The van der Waals surface area contributed by atoms with E-state index in [1.165, 1.54) is 0 Å². The third-order valence-corrected chi connectivity index (χ3v) is 0. The van der Waals surface area contributed by atoms with Crippen molar-refractivity contribution in [3.8, 4) is 0 Å². The molecule has 0 aromatic carbocycles. The fourth-order valence-electron chi connectivity index (χ4n) is 0. The first kappa shape index (κ1) is 34.2. The maximum atomic E-state index is 8.00. The van der Waals surface area contributed by atoms with Crippen molar-refractivity contribution in [3.63, 3.8) is 0 Å². The van der Waals surface area contributed by atoms with Crippen molar-refractivity contribution in [3.05, 3.63) is 0 Å². The second-order valence-corrected chi connectivity index (χ2v) is 0. The van der Waals surface area contributed by atoms with E-state index in [-0.39, 0.29) is 0 Å². The molecule has 0 rings (SSSR count). The normalized spacial score (nSPS) is 2.60.